The number of benzene rings is 1. The highest BCUT2D eigenvalue weighted by atomic mass is 35.5. The molecule has 3 aromatic heterocycles. The van der Waals surface area contributed by atoms with Gasteiger partial charge in [-0.1, -0.05) is 23.2 Å². The summed E-state index contributed by atoms with van der Waals surface area (Å²) in [5.41, 5.74) is 7.36. The number of aromatic amines is 1. The van der Waals surface area contributed by atoms with E-state index in [1.54, 1.807) is 17.0 Å². The SMILES string of the molecule is C[C@@H](Oc1ccc2[nH]nc(-c3cnc(N4CC(N)(C(O)N=S(C)(C)=O)C4)c(F)c3)c2c1)c1c(Cl)cncc1Cl. The van der Waals surface area contributed by atoms with Crippen molar-refractivity contribution in [3.63, 3.8) is 0 Å². The third-order valence-corrected chi connectivity index (χ3v) is 7.69. The Morgan fingerprint density at radius 1 is 1.23 bits per heavy atom. The fourth-order valence-corrected chi connectivity index (χ4v) is 5.84. The molecule has 1 aromatic carbocycles. The number of nitrogens with one attached hydrogen (secondary N) is 1. The van der Waals surface area contributed by atoms with Crippen molar-refractivity contribution in [2.75, 3.05) is 30.5 Å². The molecule has 0 aliphatic carbocycles. The fourth-order valence-electron chi connectivity index (χ4n) is 4.47. The number of hydrogen-bond donors (Lipinski definition) is 3. The van der Waals surface area contributed by atoms with Gasteiger partial charge in [-0.15, -0.1) is 0 Å². The van der Waals surface area contributed by atoms with E-state index in [0.717, 1.165) is 5.52 Å². The van der Waals surface area contributed by atoms with Crippen LogP contribution in [0.2, 0.25) is 10.0 Å². The number of H-pyrrole nitrogens is 1. The van der Waals surface area contributed by atoms with Crippen molar-refractivity contribution in [2.24, 2.45) is 10.1 Å². The number of pyridine rings is 2. The van der Waals surface area contributed by atoms with Crippen molar-refractivity contribution < 1.29 is 18.4 Å². The molecule has 1 aliphatic rings. The maximum absolute atomic E-state index is 15.2. The number of aliphatic hydroxyl groups excluding tert-OH is 1. The molecular weight excluding hydrogens is 568 g/mol. The average Bonchev–Trinajstić information content (AvgIpc) is 3.24. The summed E-state index contributed by atoms with van der Waals surface area (Å²) in [6, 6.07) is 6.73. The standard InChI is InChI=1S/C25H26Cl2FN7O3S/c1-13(21-17(26)9-30-10-18(21)27)38-15-4-5-20-16(7-15)22(33-32-20)14-6-19(28)23(31-8-14)35-11-25(29,12-35)24(36)34-39(2,3)37/h4-10,13,24,36H,11-12,29H2,1-3H3,(H,32,33)/t13-,24?/m1/s1. The fraction of sp³-hybridized carbons (Fsp3) is 0.320. The Kier molecular flexibility index (Phi) is 7.18. The second kappa shape index (κ2) is 10.2. The lowest BCUT2D eigenvalue weighted by Gasteiger charge is -2.49. The van der Waals surface area contributed by atoms with Gasteiger partial charge >= 0.3 is 0 Å². The number of hydrogen-bond acceptors (Lipinski definition) is 9. The number of anilines is 1. The maximum Gasteiger partial charge on any atom is 0.175 e. The molecule has 0 bridgehead atoms. The first-order valence-corrected chi connectivity index (χ1v) is 14.9. The summed E-state index contributed by atoms with van der Waals surface area (Å²) in [6.45, 7) is 2.03. The monoisotopic (exact) mass is 593 g/mol. The van der Waals surface area contributed by atoms with Crippen molar-refractivity contribution in [3.8, 4) is 17.0 Å². The molecule has 4 N–H and O–H groups in total. The number of aliphatic hydroxyl groups is 1. The molecule has 14 heteroatoms. The normalized spacial score (nSPS) is 16.6. The molecule has 5 rings (SSSR count). The van der Waals surface area contributed by atoms with Crippen LogP contribution in [0.25, 0.3) is 22.2 Å². The first-order valence-electron chi connectivity index (χ1n) is 11.8. The van der Waals surface area contributed by atoms with Gasteiger partial charge in [0.1, 0.15) is 17.5 Å². The molecule has 1 fully saturated rings. The predicted molar refractivity (Wildman–Crippen MR) is 150 cm³/mol. The van der Waals surface area contributed by atoms with E-state index in [9.17, 15) is 9.32 Å². The minimum Gasteiger partial charge on any atom is -0.486 e. The lowest BCUT2D eigenvalue weighted by atomic mass is 9.89. The highest BCUT2D eigenvalue weighted by Crippen LogP contribution is 2.36. The van der Waals surface area contributed by atoms with Crippen LogP contribution in [-0.2, 0) is 9.73 Å². The van der Waals surface area contributed by atoms with Crippen molar-refractivity contribution in [1.82, 2.24) is 20.2 Å². The van der Waals surface area contributed by atoms with Crippen molar-refractivity contribution >= 4 is 49.7 Å². The summed E-state index contributed by atoms with van der Waals surface area (Å²) in [6.07, 6.45) is 5.56. The summed E-state index contributed by atoms with van der Waals surface area (Å²) in [4.78, 5) is 9.86. The predicted octanol–water partition coefficient (Wildman–Crippen LogP) is 4.17. The number of fused-ring (bicyclic) bond motifs is 1. The van der Waals surface area contributed by atoms with Gasteiger partial charge in [0.05, 0.1) is 21.1 Å². The zero-order chi connectivity index (χ0) is 28.1. The van der Waals surface area contributed by atoms with Crippen LogP contribution < -0.4 is 15.4 Å². The zero-order valence-corrected chi connectivity index (χ0v) is 23.6. The molecule has 0 amide bonds. The van der Waals surface area contributed by atoms with Crippen LogP contribution in [0.4, 0.5) is 10.2 Å². The molecule has 4 aromatic rings. The van der Waals surface area contributed by atoms with E-state index in [1.165, 1.54) is 37.2 Å². The van der Waals surface area contributed by atoms with Crippen LogP contribution in [0.1, 0.15) is 18.6 Å². The van der Waals surface area contributed by atoms with E-state index in [-0.39, 0.29) is 18.9 Å². The van der Waals surface area contributed by atoms with Crippen LogP contribution >= 0.6 is 23.2 Å². The van der Waals surface area contributed by atoms with E-state index >= 15 is 4.39 Å². The summed E-state index contributed by atoms with van der Waals surface area (Å²) < 4.78 is 37.0. The highest BCUT2D eigenvalue weighted by molar-refractivity contribution is 7.92. The Bertz CT molecular complexity index is 1660. The minimum atomic E-state index is -2.55. The van der Waals surface area contributed by atoms with E-state index in [2.05, 4.69) is 24.5 Å². The molecule has 4 heterocycles. The summed E-state index contributed by atoms with van der Waals surface area (Å²) in [5, 5.41) is 19.1. The molecule has 39 heavy (non-hydrogen) atoms. The van der Waals surface area contributed by atoms with Gasteiger partial charge in [0.25, 0.3) is 0 Å². The van der Waals surface area contributed by atoms with Gasteiger partial charge in [0, 0.05) is 70.4 Å². The van der Waals surface area contributed by atoms with Crippen molar-refractivity contribution in [1.29, 1.82) is 0 Å². The van der Waals surface area contributed by atoms with Gasteiger partial charge in [0.2, 0.25) is 0 Å². The molecule has 0 radical (unpaired) electrons. The number of rotatable bonds is 7. The Hall–Kier alpha value is -3.03. The minimum absolute atomic E-state index is 0.0875. The third kappa shape index (κ3) is 5.52. The maximum atomic E-state index is 15.2. The number of aromatic nitrogens is 4. The summed E-state index contributed by atoms with van der Waals surface area (Å²) in [7, 11) is -2.55. The van der Waals surface area contributed by atoms with Crippen molar-refractivity contribution in [2.45, 2.75) is 24.8 Å². The largest absolute Gasteiger partial charge is 0.486 e. The van der Waals surface area contributed by atoms with E-state index in [0.29, 0.717) is 38.0 Å². The summed E-state index contributed by atoms with van der Waals surface area (Å²) >= 11 is 12.5. The second-order valence-electron chi connectivity index (χ2n) is 9.84. The quantitative estimate of drug-likeness (QED) is 0.290. The van der Waals surface area contributed by atoms with Crippen LogP contribution in [0.5, 0.6) is 5.75 Å². The smallest absolute Gasteiger partial charge is 0.175 e. The van der Waals surface area contributed by atoms with Gasteiger partial charge in [0.15, 0.2) is 17.9 Å². The zero-order valence-electron chi connectivity index (χ0n) is 21.2. The first-order chi connectivity index (χ1) is 18.3. The number of halogens is 3. The molecule has 1 saturated heterocycles. The summed E-state index contributed by atoms with van der Waals surface area (Å²) in [5.74, 6) is 0.0537. The molecule has 206 valence electrons. The lowest BCUT2D eigenvalue weighted by molar-refractivity contribution is 0.0735. The molecule has 10 nitrogen and oxygen atoms in total. The van der Waals surface area contributed by atoms with E-state index in [1.807, 2.05) is 13.0 Å². The van der Waals surface area contributed by atoms with Crippen LogP contribution in [0.15, 0.2) is 47.2 Å². The molecule has 2 atom stereocenters. The highest BCUT2D eigenvalue weighted by Gasteiger charge is 2.47. The van der Waals surface area contributed by atoms with E-state index < -0.39 is 33.4 Å². The second-order valence-corrected chi connectivity index (χ2v) is 13.2. The molecule has 0 spiro atoms. The van der Waals surface area contributed by atoms with Gasteiger partial charge in [-0.05, 0) is 31.2 Å². The van der Waals surface area contributed by atoms with E-state index in [4.69, 9.17) is 33.7 Å². The average molecular weight is 595 g/mol. The van der Waals surface area contributed by atoms with Crippen molar-refractivity contribution in [3.05, 3.63) is 64.3 Å². The van der Waals surface area contributed by atoms with Gasteiger partial charge < -0.3 is 20.5 Å². The van der Waals surface area contributed by atoms with Crippen LogP contribution in [0.3, 0.4) is 0 Å². The third-order valence-electron chi connectivity index (χ3n) is 6.38. The Labute approximate surface area is 234 Å². The van der Waals surface area contributed by atoms with Gasteiger partial charge in [-0.25, -0.2) is 13.7 Å². The van der Waals surface area contributed by atoms with Crippen LogP contribution in [0, 0.1) is 5.82 Å². The molecule has 0 saturated carbocycles. The van der Waals surface area contributed by atoms with Gasteiger partial charge in [-0.3, -0.25) is 14.3 Å². The number of nitrogens with zero attached hydrogens (tertiary/aromatic N) is 5. The van der Waals surface area contributed by atoms with Gasteiger partial charge in [-0.2, -0.15) is 5.10 Å². The lowest BCUT2D eigenvalue weighted by Crippen LogP contribution is -2.73. The Morgan fingerprint density at radius 3 is 2.56 bits per heavy atom. The molecule has 1 unspecified atom stereocenters. The molecular formula is C25H26Cl2FN7O3S. The number of nitrogens with two attached hydrogens (primary N) is 1. The number of ether oxygens (including phenoxy) is 1. The molecule has 1 aliphatic heterocycles. The topological polar surface area (TPSA) is 143 Å². The Balaban J connectivity index is 1.37. The first kappa shape index (κ1) is 27.5. The Morgan fingerprint density at radius 2 is 1.92 bits per heavy atom. The van der Waals surface area contributed by atoms with Crippen LogP contribution in [-0.4, -0.2) is 66.8 Å².